The molecule has 2 unspecified atom stereocenters. The molecular weight excluding hydrogens is 321 g/mol. The van der Waals surface area contributed by atoms with Crippen molar-refractivity contribution < 1.29 is 18.3 Å². The molecule has 5 heteroatoms. The Kier molecular flexibility index (Phi) is 5.86. The molecule has 0 aliphatic heterocycles. The molecule has 1 aromatic carbocycles. The fourth-order valence-corrected chi connectivity index (χ4v) is 2.57. The maximum atomic E-state index is 12.8. The molecule has 0 spiro atoms. The third-order valence-electron chi connectivity index (χ3n) is 3.09. The van der Waals surface area contributed by atoms with Crippen LogP contribution in [0.1, 0.15) is 50.3 Å². The van der Waals surface area contributed by atoms with E-state index < -0.39 is 17.8 Å². The van der Waals surface area contributed by atoms with Crippen LogP contribution in [0.4, 0.5) is 13.2 Å². The molecule has 1 rings (SSSR count). The molecule has 0 aliphatic rings. The Labute approximate surface area is 120 Å². The lowest BCUT2D eigenvalue weighted by molar-refractivity contribution is -0.138. The highest BCUT2D eigenvalue weighted by Gasteiger charge is 2.33. The van der Waals surface area contributed by atoms with Gasteiger partial charge in [-0.15, -0.1) is 0 Å². The van der Waals surface area contributed by atoms with Crippen LogP contribution in [0.3, 0.4) is 0 Å². The van der Waals surface area contributed by atoms with E-state index in [-0.39, 0.29) is 10.4 Å². The van der Waals surface area contributed by atoms with E-state index in [9.17, 15) is 18.3 Å². The van der Waals surface area contributed by atoms with E-state index in [1.54, 1.807) is 0 Å². The summed E-state index contributed by atoms with van der Waals surface area (Å²) in [6.45, 7) is 4.04. The zero-order chi connectivity index (χ0) is 14.6. The van der Waals surface area contributed by atoms with E-state index in [1.165, 1.54) is 12.1 Å². The number of aliphatic hydroxyl groups is 1. The quantitative estimate of drug-likeness (QED) is 0.769. The second-order valence-corrected chi connectivity index (χ2v) is 5.74. The lowest BCUT2D eigenvalue weighted by Crippen LogP contribution is -2.09. The largest absolute Gasteiger partial charge is 0.417 e. The second kappa shape index (κ2) is 6.75. The Morgan fingerprint density at radius 3 is 2.47 bits per heavy atom. The van der Waals surface area contributed by atoms with Gasteiger partial charge in [-0.3, -0.25) is 0 Å². The van der Waals surface area contributed by atoms with Gasteiger partial charge in [0, 0.05) is 4.47 Å². The normalized spacial score (nSPS) is 15.3. The van der Waals surface area contributed by atoms with Crippen molar-refractivity contribution in [3.8, 4) is 0 Å². The van der Waals surface area contributed by atoms with Crippen LogP contribution in [0.15, 0.2) is 22.7 Å². The molecule has 0 heterocycles. The Balaban J connectivity index is 2.90. The molecule has 0 fully saturated rings. The summed E-state index contributed by atoms with van der Waals surface area (Å²) in [6, 6.07) is 3.89. The smallest absolute Gasteiger partial charge is 0.388 e. The highest BCUT2D eigenvalue weighted by molar-refractivity contribution is 9.10. The summed E-state index contributed by atoms with van der Waals surface area (Å²) in [4.78, 5) is 0. The fraction of sp³-hybridized carbons (Fsp3) is 0.571. The van der Waals surface area contributed by atoms with Gasteiger partial charge in [-0.05, 0) is 30.0 Å². The first kappa shape index (κ1) is 16.5. The van der Waals surface area contributed by atoms with Crippen LogP contribution >= 0.6 is 15.9 Å². The van der Waals surface area contributed by atoms with E-state index in [0.29, 0.717) is 12.0 Å². The van der Waals surface area contributed by atoms with Gasteiger partial charge in [0.2, 0.25) is 0 Å². The molecule has 0 aliphatic carbocycles. The van der Waals surface area contributed by atoms with Crippen molar-refractivity contribution >= 4 is 15.9 Å². The van der Waals surface area contributed by atoms with E-state index >= 15 is 0 Å². The van der Waals surface area contributed by atoms with Gasteiger partial charge in [-0.25, -0.2) is 0 Å². The van der Waals surface area contributed by atoms with Crippen LogP contribution < -0.4 is 0 Å². The SMILES string of the molecule is CCCC(C)CC(O)c1ccc(Br)c(C(F)(F)F)c1. The zero-order valence-electron chi connectivity index (χ0n) is 11.0. The standard InChI is InChI=1S/C14H18BrF3O/c1-3-4-9(2)7-13(19)10-5-6-12(15)11(8-10)14(16,17)18/h5-6,8-9,13,19H,3-4,7H2,1-2H3. The van der Waals surface area contributed by atoms with E-state index in [2.05, 4.69) is 15.9 Å². The summed E-state index contributed by atoms with van der Waals surface area (Å²) in [6.07, 6.45) is -2.83. The van der Waals surface area contributed by atoms with Gasteiger partial charge >= 0.3 is 6.18 Å². The molecule has 0 aromatic heterocycles. The average molecular weight is 339 g/mol. The summed E-state index contributed by atoms with van der Waals surface area (Å²) < 4.78 is 38.3. The molecule has 1 nitrogen and oxygen atoms in total. The van der Waals surface area contributed by atoms with Crippen molar-refractivity contribution in [2.24, 2.45) is 5.92 Å². The summed E-state index contributed by atoms with van der Waals surface area (Å²) in [5.41, 5.74) is -0.425. The number of halogens is 4. The molecule has 0 saturated carbocycles. The van der Waals surface area contributed by atoms with Crippen molar-refractivity contribution in [3.63, 3.8) is 0 Å². The van der Waals surface area contributed by atoms with E-state index in [4.69, 9.17) is 0 Å². The number of benzene rings is 1. The van der Waals surface area contributed by atoms with Crippen LogP contribution in [0.2, 0.25) is 0 Å². The lowest BCUT2D eigenvalue weighted by atomic mass is 9.94. The Bertz CT molecular complexity index is 418. The molecule has 1 aromatic rings. The molecule has 0 bridgehead atoms. The second-order valence-electron chi connectivity index (χ2n) is 4.88. The average Bonchev–Trinajstić information content (AvgIpc) is 2.27. The number of aliphatic hydroxyl groups excluding tert-OH is 1. The first-order valence-electron chi connectivity index (χ1n) is 6.30. The molecule has 1 N–H and O–H groups in total. The summed E-state index contributed by atoms with van der Waals surface area (Å²) in [7, 11) is 0. The van der Waals surface area contributed by atoms with Crippen LogP contribution in [0.5, 0.6) is 0 Å². The Morgan fingerprint density at radius 2 is 1.95 bits per heavy atom. The van der Waals surface area contributed by atoms with Gasteiger partial charge in [0.05, 0.1) is 11.7 Å². The van der Waals surface area contributed by atoms with Crippen molar-refractivity contribution in [1.82, 2.24) is 0 Å². The lowest BCUT2D eigenvalue weighted by Gasteiger charge is -2.18. The highest BCUT2D eigenvalue weighted by atomic mass is 79.9. The monoisotopic (exact) mass is 338 g/mol. The number of rotatable bonds is 5. The predicted molar refractivity (Wildman–Crippen MR) is 72.8 cm³/mol. The summed E-state index contributed by atoms with van der Waals surface area (Å²) in [5.74, 6) is 0.290. The number of alkyl halides is 3. The maximum absolute atomic E-state index is 12.8. The minimum Gasteiger partial charge on any atom is -0.388 e. The van der Waals surface area contributed by atoms with Crippen LogP contribution in [0, 0.1) is 5.92 Å². The Hall–Kier alpha value is -0.550. The van der Waals surface area contributed by atoms with Gasteiger partial charge in [-0.2, -0.15) is 13.2 Å². The summed E-state index contributed by atoms with van der Waals surface area (Å²) in [5, 5.41) is 10.0. The van der Waals surface area contributed by atoms with Gasteiger partial charge < -0.3 is 5.11 Å². The topological polar surface area (TPSA) is 20.2 Å². The third kappa shape index (κ3) is 4.80. The van der Waals surface area contributed by atoms with Gasteiger partial charge in [0.15, 0.2) is 0 Å². The molecule has 2 atom stereocenters. The van der Waals surface area contributed by atoms with E-state index in [1.807, 2.05) is 13.8 Å². The fourth-order valence-electron chi connectivity index (χ4n) is 2.10. The molecule has 0 amide bonds. The maximum Gasteiger partial charge on any atom is 0.417 e. The predicted octanol–water partition coefficient (Wildman–Crippen LogP) is 5.33. The molecule has 19 heavy (non-hydrogen) atoms. The van der Waals surface area contributed by atoms with Crippen LogP contribution in [-0.2, 0) is 6.18 Å². The van der Waals surface area contributed by atoms with Crippen molar-refractivity contribution in [1.29, 1.82) is 0 Å². The highest BCUT2D eigenvalue weighted by Crippen LogP contribution is 2.37. The minimum atomic E-state index is -4.41. The van der Waals surface area contributed by atoms with E-state index in [0.717, 1.165) is 18.9 Å². The molecular formula is C14H18BrF3O. The van der Waals surface area contributed by atoms with Crippen molar-refractivity contribution in [2.75, 3.05) is 0 Å². The van der Waals surface area contributed by atoms with Gasteiger partial charge in [0.25, 0.3) is 0 Å². The number of hydrogen-bond donors (Lipinski definition) is 1. The van der Waals surface area contributed by atoms with Gasteiger partial charge in [0.1, 0.15) is 0 Å². The number of hydrogen-bond acceptors (Lipinski definition) is 1. The van der Waals surface area contributed by atoms with Gasteiger partial charge in [-0.1, -0.05) is 48.7 Å². The van der Waals surface area contributed by atoms with Crippen LogP contribution in [-0.4, -0.2) is 5.11 Å². The Morgan fingerprint density at radius 1 is 1.32 bits per heavy atom. The first-order chi connectivity index (χ1) is 8.75. The minimum absolute atomic E-state index is 0.00226. The molecule has 108 valence electrons. The zero-order valence-corrected chi connectivity index (χ0v) is 12.6. The molecule has 0 saturated heterocycles. The molecule has 0 radical (unpaired) electrons. The van der Waals surface area contributed by atoms with Crippen molar-refractivity contribution in [2.45, 2.75) is 45.4 Å². The first-order valence-corrected chi connectivity index (χ1v) is 7.09. The van der Waals surface area contributed by atoms with Crippen molar-refractivity contribution in [3.05, 3.63) is 33.8 Å². The summed E-state index contributed by atoms with van der Waals surface area (Å²) >= 11 is 2.89. The third-order valence-corrected chi connectivity index (χ3v) is 3.78. The van der Waals surface area contributed by atoms with Crippen LogP contribution in [0.25, 0.3) is 0 Å².